The Morgan fingerprint density at radius 3 is 1.24 bits per heavy atom. The molecule has 0 spiro atoms. The third kappa shape index (κ3) is 3.88. The van der Waals surface area contributed by atoms with Gasteiger partial charge >= 0.3 is 0 Å². The van der Waals surface area contributed by atoms with Crippen molar-refractivity contribution < 1.29 is 28.8 Å². The monoisotopic (exact) mass is 616 g/mol. The Morgan fingerprint density at radius 2 is 0.848 bits per heavy atom. The molecule has 0 unspecified atom stereocenters. The number of hydrogen-bond acceptors (Lipinski definition) is 6. The number of amides is 6. The largest absolute Gasteiger partial charge is 0.334 e. The summed E-state index contributed by atoms with van der Waals surface area (Å²) in [6.07, 6.45) is 5.02. The molecule has 232 valence electrons. The van der Waals surface area contributed by atoms with E-state index in [0.717, 1.165) is 22.3 Å². The van der Waals surface area contributed by atoms with E-state index in [2.05, 4.69) is 0 Å². The maximum Gasteiger partial charge on any atom is 0.254 e. The molecule has 0 aromatic heterocycles. The standard InChI is InChI=1S/C36H32N4O6/c41-31-21-5-7-22(8-6-21)32(42)38-16-24-10-12-26-30(28(24)18-38)36(46)40(34(26)44)14-20-2-1-19(3-4-20)13-39-33(43)25-11-9-23-15-37(31)17-27(23)29(25)35(39)45/h1-10,25-30H,11-18H2/t25-,26-,27+,28+,29-,30-/m1/s1. The van der Waals surface area contributed by atoms with Crippen LogP contribution in [0.4, 0.5) is 0 Å². The van der Waals surface area contributed by atoms with Crippen molar-refractivity contribution in [1.82, 2.24) is 19.6 Å². The summed E-state index contributed by atoms with van der Waals surface area (Å²) < 4.78 is 0. The fourth-order valence-electron chi connectivity index (χ4n) is 9.08. The first-order valence-electron chi connectivity index (χ1n) is 16.1. The quantitative estimate of drug-likeness (QED) is 0.332. The van der Waals surface area contributed by atoms with E-state index < -0.39 is 23.7 Å². The number of benzene rings is 2. The van der Waals surface area contributed by atoms with E-state index in [9.17, 15) is 28.8 Å². The van der Waals surface area contributed by atoms with Crippen LogP contribution in [0.1, 0.15) is 44.7 Å². The molecule has 0 saturated carbocycles. The number of hydrogen-bond donors (Lipinski definition) is 0. The molecule has 2 aliphatic carbocycles. The van der Waals surface area contributed by atoms with Gasteiger partial charge in [0.1, 0.15) is 0 Å². The zero-order chi connectivity index (χ0) is 31.4. The normalized spacial score (nSPS) is 31.6. The minimum Gasteiger partial charge on any atom is -0.334 e. The van der Waals surface area contributed by atoms with E-state index in [4.69, 9.17) is 0 Å². The zero-order valence-corrected chi connectivity index (χ0v) is 25.1. The van der Waals surface area contributed by atoms with E-state index in [1.807, 2.05) is 36.4 Å². The van der Waals surface area contributed by atoms with Crippen LogP contribution in [0.5, 0.6) is 0 Å². The number of rotatable bonds is 0. The first-order valence-corrected chi connectivity index (χ1v) is 16.1. The van der Waals surface area contributed by atoms with Gasteiger partial charge in [0, 0.05) is 49.1 Å². The molecule has 8 aliphatic heterocycles. The predicted octanol–water partition coefficient (Wildman–Crippen LogP) is 2.41. The van der Waals surface area contributed by atoms with E-state index in [1.54, 1.807) is 34.1 Å². The fraction of sp³-hybridized carbons (Fsp3) is 0.389. The Balaban J connectivity index is 1.07. The molecule has 4 saturated heterocycles. The maximum atomic E-state index is 13.8. The van der Waals surface area contributed by atoms with Gasteiger partial charge in [0.05, 0.1) is 36.8 Å². The van der Waals surface area contributed by atoms with Gasteiger partial charge in [-0.2, -0.15) is 0 Å². The number of carbonyl (C=O) groups is 6. The van der Waals surface area contributed by atoms with Gasteiger partial charge < -0.3 is 9.80 Å². The van der Waals surface area contributed by atoms with Gasteiger partial charge in [-0.1, -0.05) is 36.4 Å². The molecule has 2 aromatic carbocycles. The highest BCUT2D eigenvalue weighted by atomic mass is 16.2. The van der Waals surface area contributed by atoms with Crippen molar-refractivity contribution in [3.05, 3.63) is 94.1 Å². The Bertz CT molecular complexity index is 1690. The molecule has 0 N–H and O–H groups in total. The van der Waals surface area contributed by atoms with Crippen molar-refractivity contribution >= 4 is 35.4 Å². The zero-order valence-electron chi connectivity index (χ0n) is 25.1. The Hall–Kier alpha value is -4.86. The van der Waals surface area contributed by atoms with Crippen LogP contribution in [0.2, 0.25) is 0 Å². The predicted molar refractivity (Wildman–Crippen MR) is 162 cm³/mol. The third-order valence-electron chi connectivity index (χ3n) is 11.5. The SMILES string of the molecule is O=C1c2ccc(cc2)C(=O)N2CC3=CC[C@H]4C(=O)N(Cc5ccc(cc5)CN5C(=O)[C@@H]6[C@@H](CC=C7CN1C[C@@H]76)C5=O)C(=O)[C@H]4[C@H]3C2. The first kappa shape index (κ1) is 27.5. The van der Waals surface area contributed by atoms with Crippen LogP contribution in [0.3, 0.4) is 0 Å². The average molecular weight is 617 g/mol. The molecule has 46 heavy (non-hydrogen) atoms. The van der Waals surface area contributed by atoms with Crippen LogP contribution in [-0.2, 0) is 32.3 Å². The van der Waals surface area contributed by atoms with E-state index in [1.165, 1.54) is 9.80 Å². The summed E-state index contributed by atoms with van der Waals surface area (Å²) >= 11 is 0. The summed E-state index contributed by atoms with van der Waals surface area (Å²) in [5.74, 6) is -3.39. The van der Waals surface area contributed by atoms with Crippen molar-refractivity contribution in [2.75, 3.05) is 26.2 Å². The summed E-state index contributed by atoms with van der Waals surface area (Å²) in [6.45, 7) is 1.88. The molecule has 10 aliphatic rings. The van der Waals surface area contributed by atoms with Crippen LogP contribution < -0.4 is 0 Å². The average Bonchev–Trinajstić information content (AvgIpc) is 3.81. The summed E-state index contributed by atoms with van der Waals surface area (Å²) in [5, 5.41) is 0. The third-order valence-corrected chi connectivity index (χ3v) is 11.5. The molecule has 4 fully saturated rings. The summed E-state index contributed by atoms with van der Waals surface area (Å²) in [6, 6.07) is 14.1. The van der Waals surface area contributed by atoms with Gasteiger partial charge in [-0.3, -0.25) is 38.6 Å². The van der Waals surface area contributed by atoms with Gasteiger partial charge in [0.15, 0.2) is 0 Å². The van der Waals surface area contributed by atoms with Crippen molar-refractivity contribution in [3.63, 3.8) is 0 Å². The van der Waals surface area contributed by atoms with Crippen LogP contribution in [-0.4, -0.2) is 81.2 Å². The Labute approximate surface area is 265 Å². The van der Waals surface area contributed by atoms with Crippen LogP contribution in [0, 0.1) is 35.5 Å². The molecule has 6 atom stereocenters. The highest BCUT2D eigenvalue weighted by molar-refractivity contribution is 6.07. The molecule has 12 bridgehead atoms. The van der Waals surface area contributed by atoms with Gasteiger partial charge in [-0.15, -0.1) is 0 Å². The molecule has 10 nitrogen and oxygen atoms in total. The van der Waals surface area contributed by atoms with Crippen LogP contribution in [0.15, 0.2) is 71.8 Å². The fourth-order valence-corrected chi connectivity index (χ4v) is 9.08. The van der Waals surface area contributed by atoms with Crippen molar-refractivity contribution in [2.24, 2.45) is 35.5 Å². The van der Waals surface area contributed by atoms with Crippen molar-refractivity contribution in [3.8, 4) is 0 Å². The second kappa shape index (κ2) is 9.82. The molecule has 10 heteroatoms. The molecule has 0 radical (unpaired) electrons. The number of nitrogens with zero attached hydrogens (tertiary/aromatic N) is 4. The van der Waals surface area contributed by atoms with Gasteiger partial charge in [-0.25, -0.2) is 0 Å². The Kier molecular flexibility index (Phi) is 5.86. The summed E-state index contributed by atoms with van der Waals surface area (Å²) in [7, 11) is 0. The lowest BCUT2D eigenvalue weighted by Crippen LogP contribution is -2.35. The lowest BCUT2D eigenvalue weighted by atomic mass is 9.74. The second-order valence-corrected chi connectivity index (χ2v) is 13.8. The molecule has 12 rings (SSSR count). The van der Waals surface area contributed by atoms with Gasteiger partial charge in [0.25, 0.3) is 11.8 Å². The van der Waals surface area contributed by atoms with Crippen LogP contribution >= 0.6 is 0 Å². The summed E-state index contributed by atoms with van der Waals surface area (Å²) in [5.41, 5.74) is 4.54. The lowest BCUT2D eigenvalue weighted by molar-refractivity contribution is -0.142. The lowest BCUT2D eigenvalue weighted by Gasteiger charge is -2.26. The molecular formula is C36H32N4O6. The maximum absolute atomic E-state index is 13.8. The van der Waals surface area contributed by atoms with E-state index in [-0.39, 0.29) is 60.4 Å². The van der Waals surface area contributed by atoms with E-state index >= 15 is 0 Å². The van der Waals surface area contributed by atoms with Gasteiger partial charge in [-0.05, 0) is 59.4 Å². The van der Waals surface area contributed by atoms with Crippen molar-refractivity contribution in [1.29, 1.82) is 0 Å². The smallest absolute Gasteiger partial charge is 0.254 e. The first-order chi connectivity index (χ1) is 22.3. The van der Waals surface area contributed by atoms with Crippen molar-refractivity contribution in [2.45, 2.75) is 25.9 Å². The topological polar surface area (TPSA) is 115 Å². The molecule has 2 aromatic rings. The molecule has 8 heterocycles. The minimum atomic E-state index is -0.495. The summed E-state index contributed by atoms with van der Waals surface area (Å²) in [4.78, 5) is 87.9. The highest BCUT2D eigenvalue weighted by Crippen LogP contribution is 2.47. The number of imide groups is 2. The van der Waals surface area contributed by atoms with E-state index in [0.29, 0.717) is 50.1 Å². The highest BCUT2D eigenvalue weighted by Gasteiger charge is 2.56. The van der Waals surface area contributed by atoms with Crippen LogP contribution in [0.25, 0.3) is 0 Å². The number of allylic oxidation sites excluding steroid dienone is 2. The minimum absolute atomic E-state index is 0.152. The van der Waals surface area contributed by atoms with Gasteiger partial charge in [0.2, 0.25) is 23.6 Å². The Morgan fingerprint density at radius 1 is 0.457 bits per heavy atom. The number of carbonyl (C=O) groups excluding carboxylic acids is 6. The molecule has 6 amide bonds. The second-order valence-electron chi connectivity index (χ2n) is 13.8. The molecular weight excluding hydrogens is 584 g/mol.